The van der Waals surface area contributed by atoms with Crippen molar-refractivity contribution in [2.24, 2.45) is 4.99 Å². The predicted octanol–water partition coefficient (Wildman–Crippen LogP) is 3.36. The summed E-state index contributed by atoms with van der Waals surface area (Å²) in [5, 5.41) is 10.8. The van der Waals surface area contributed by atoms with Crippen molar-refractivity contribution in [3.05, 3.63) is 52.2 Å². The lowest BCUT2D eigenvalue weighted by Crippen LogP contribution is -2.44. The van der Waals surface area contributed by atoms with E-state index in [1.54, 1.807) is 11.3 Å². The van der Waals surface area contributed by atoms with Crippen molar-refractivity contribution in [3.63, 3.8) is 0 Å². The Hall–Kier alpha value is -2.15. The Morgan fingerprint density at radius 2 is 2.24 bits per heavy atom. The first-order valence-electron chi connectivity index (χ1n) is 8.41. The van der Waals surface area contributed by atoms with E-state index < -0.39 is 11.6 Å². The van der Waals surface area contributed by atoms with Gasteiger partial charge in [0.05, 0.1) is 12.2 Å². The maximum atomic E-state index is 14.0. The number of guanidine groups is 1. The molecule has 2 heterocycles. The summed E-state index contributed by atoms with van der Waals surface area (Å²) >= 11 is 1.66. The van der Waals surface area contributed by atoms with E-state index in [9.17, 15) is 8.78 Å². The van der Waals surface area contributed by atoms with Crippen LogP contribution in [0.2, 0.25) is 0 Å². The van der Waals surface area contributed by atoms with Gasteiger partial charge in [-0.05, 0) is 47.9 Å². The molecule has 7 heteroatoms. The van der Waals surface area contributed by atoms with Gasteiger partial charge in [0, 0.05) is 31.7 Å². The van der Waals surface area contributed by atoms with E-state index in [-0.39, 0.29) is 6.04 Å². The van der Waals surface area contributed by atoms with Crippen molar-refractivity contribution in [2.75, 3.05) is 24.5 Å². The predicted molar refractivity (Wildman–Crippen MR) is 99.2 cm³/mol. The fourth-order valence-electron chi connectivity index (χ4n) is 2.90. The van der Waals surface area contributed by atoms with Crippen LogP contribution in [0.3, 0.4) is 0 Å². The molecule has 1 unspecified atom stereocenters. The molecule has 134 valence electrons. The van der Waals surface area contributed by atoms with E-state index in [1.807, 2.05) is 17.2 Å². The molecule has 1 saturated heterocycles. The Morgan fingerprint density at radius 1 is 1.36 bits per heavy atom. The number of halogens is 2. The molecule has 0 saturated carbocycles. The molecule has 4 nitrogen and oxygen atoms in total. The van der Waals surface area contributed by atoms with E-state index >= 15 is 0 Å². The molecular weight excluding hydrogens is 342 g/mol. The highest BCUT2D eigenvalue weighted by Gasteiger charge is 2.25. The maximum absolute atomic E-state index is 14.0. The van der Waals surface area contributed by atoms with Gasteiger partial charge in [-0.3, -0.25) is 0 Å². The minimum absolute atomic E-state index is 0.171. The minimum atomic E-state index is -0.551. The number of nitrogens with zero attached hydrogens (tertiary/aromatic N) is 2. The molecule has 2 aromatic rings. The van der Waals surface area contributed by atoms with Crippen LogP contribution in [-0.4, -0.2) is 31.6 Å². The van der Waals surface area contributed by atoms with Gasteiger partial charge in [0.2, 0.25) is 0 Å². The van der Waals surface area contributed by atoms with Gasteiger partial charge in [-0.1, -0.05) is 0 Å². The topological polar surface area (TPSA) is 39.7 Å². The second-order valence-corrected chi connectivity index (χ2v) is 6.78. The average Bonchev–Trinajstić information content (AvgIpc) is 3.24. The van der Waals surface area contributed by atoms with Crippen LogP contribution in [0.5, 0.6) is 0 Å². The van der Waals surface area contributed by atoms with Gasteiger partial charge >= 0.3 is 0 Å². The molecule has 0 aliphatic carbocycles. The minimum Gasteiger partial charge on any atom is -0.367 e. The normalized spacial score (nSPS) is 17.8. The summed E-state index contributed by atoms with van der Waals surface area (Å²) in [6.45, 7) is 4.81. The molecule has 0 amide bonds. The highest BCUT2D eigenvalue weighted by Crippen LogP contribution is 2.24. The summed E-state index contributed by atoms with van der Waals surface area (Å²) in [5.41, 5.74) is 1.63. The molecule has 1 aromatic carbocycles. The highest BCUT2D eigenvalue weighted by atomic mass is 32.1. The number of anilines is 1. The Bertz CT molecular complexity index is 718. The zero-order valence-corrected chi connectivity index (χ0v) is 15.0. The van der Waals surface area contributed by atoms with Crippen LogP contribution in [-0.2, 0) is 6.54 Å². The van der Waals surface area contributed by atoms with E-state index in [0.29, 0.717) is 18.8 Å². The van der Waals surface area contributed by atoms with Crippen molar-refractivity contribution < 1.29 is 8.78 Å². The zero-order valence-electron chi connectivity index (χ0n) is 14.1. The third kappa shape index (κ3) is 4.69. The van der Waals surface area contributed by atoms with Crippen LogP contribution in [0.4, 0.5) is 14.5 Å². The van der Waals surface area contributed by atoms with E-state index in [2.05, 4.69) is 27.1 Å². The molecule has 0 spiro atoms. The third-order valence-electron chi connectivity index (χ3n) is 4.12. The van der Waals surface area contributed by atoms with Crippen molar-refractivity contribution in [2.45, 2.75) is 25.9 Å². The largest absolute Gasteiger partial charge is 0.367 e. The smallest absolute Gasteiger partial charge is 0.191 e. The maximum Gasteiger partial charge on any atom is 0.191 e. The second-order valence-electron chi connectivity index (χ2n) is 6.00. The first-order valence-corrected chi connectivity index (χ1v) is 9.36. The first kappa shape index (κ1) is 17.7. The summed E-state index contributed by atoms with van der Waals surface area (Å²) in [7, 11) is 0. The fourth-order valence-corrected chi connectivity index (χ4v) is 3.56. The van der Waals surface area contributed by atoms with Crippen LogP contribution in [0.1, 0.15) is 18.9 Å². The molecule has 3 rings (SSSR count). The van der Waals surface area contributed by atoms with Crippen molar-refractivity contribution in [3.8, 4) is 0 Å². The lowest BCUT2D eigenvalue weighted by atomic mass is 10.2. The Kier molecular flexibility index (Phi) is 5.86. The number of thiophene rings is 1. The average molecular weight is 364 g/mol. The SMILES string of the molecule is CCNC(=NCc1ccsc1)NC1CCN(c2ccc(F)cc2F)C1. The molecule has 1 fully saturated rings. The lowest BCUT2D eigenvalue weighted by molar-refractivity contribution is 0.580. The Balaban J connectivity index is 1.61. The lowest BCUT2D eigenvalue weighted by Gasteiger charge is -2.21. The summed E-state index contributed by atoms with van der Waals surface area (Å²) in [4.78, 5) is 6.54. The zero-order chi connectivity index (χ0) is 17.6. The van der Waals surface area contributed by atoms with Crippen LogP contribution >= 0.6 is 11.3 Å². The Labute approximate surface area is 150 Å². The molecule has 1 aromatic heterocycles. The Morgan fingerprint density at radius 3 is 2.96 bits per heavy atom. The van der Waals surface area contributed by atoms with Crippen molar-refractivity contribution >= 4 is 23.0 Å². The summed E-state index contributed by atoms with van der Waals surface area (Å²) < 4.78 is 27.0. The van der Waals surface area contributed by atoms with Crippen LogP contribution < -0.4 is 15.5 Å². The quantitative estimate of drug-likeness (QED) is 0.631. The number of hydrogen-bond donors (Lipinski definition) is 2. The monoisotopic (exact) mass is 364 g/mol. The number of aliphatic imine (C=N–C) groups is 1. The standard InChI is InChI=1S/C18H22F2N4S/c1-2-21-18(22-10-13-6-8-25-12-13)23-15-5-7-24(11-15)17-4-3-14(19)9-16(17)20/h3-4,6,8-9,12,15H,2,5,7,10-11H2,1H3,(H2,21,22,23). The summed E-state index contributed by atoms with van der Waals surface area (Å²) in [5.74, 6) is -0.302. The van der Waals surface area contributed by atoms with Gasteiger partial charge in [-0.2, -0.15) is 11.3 Å². The number of benzene rings is 1. The second kappa shape index (κ2) is 8.29. The summed E-state index contributed by atoms with van der Waals surface area (Å²) in [6.07, 6.45) is 0.875. The number of rotatable bonds is 5. The molecule has 25 heavy (non-hydrogen) atoms. The van der Waals surface area contributed by atoms with E-state index in [4.69, 9.17) is 0 Å². The van der Waals surface area contributed by atoms with Gasteiger partial charge in [0.1, 0.15) is 11.6 Å². The number of nitrogens with one attached hydrogen (secondary N) is 2. The fraction of sp³-hybridized carbons (Fsp3) is 0.389. The summed E-state index contributed by atoms with van der Waals surface area (Å²) in [6, 6.07) is 5.97. The van der Waals surface area contributed by atoms with Crippen molar-refractivity contribution in [1.82, 2.24) is 10.6 Å². The molecule has 1 aliphatic heterocycles. The number of hydrogen-bond acceptors (Lipinski definition) is 3. The molecule has 1 atom stereocenters. The first-order chi connectivity index (χ1) is 12.2. The van der Waals surface area contributed by atoms with Gasteiger partial charge in [0.15, 0.2) is 5.96 Å². The van der Waals surface area contributed by atoms with Gasteiger partial charge in [-0.15, -0.1) is 0 Å². The van der Waals surface area contributed by atoms with E-state index in [0.717, 1.165) is 31.5 Å². The van der Waals surface area contributed by atoms with Crippen LogP contribution in [0.15, 0.2) is 40.0 Å². The van der Waals surface area contributed by atoms with Crippen LogP contribution in [0, 0.1) is 11.6 Å². The van der Waals surface area contributed by atoms with Gasteiger partial charge < -0.3 is 15.5 Å². The molecule has 0 bridgehead atoms. The molecule has 2 N–H and O–H groups in total. The molecule has 1 aliphatic rings. The van der Waals surface area contributed by atoms with Crippen molar-refractivity contribution in [1.29, 1.82) is 0 Å². The molecule has 0 radical (unpaired) electrons. The van der Waals surface area contributed by atoms with E-state index in [1.165, 1.54) is 17.7 Å². The third-order valence-corrected chi connectivity index (χ3v) is 4.86. The van der Waals surface area contributed by atoms with Gasteiger partial charge in [0.25, 0.3) is 0 Å². The highest BCUT2D eigenvalue weighted by molar-refractivity contribution is 7.07. The van der Waals surface area contributed by atoms with Gasteiger partial charge in [-0.25, -0.2) is 13.8 Å². The van der Waals surface area contributed by atoms with Crippen LogP contribution in [0.25, 0.3) is 0 Å². The molecular formula is C18H22F2N4S.